The Hall–Kier alpha value is -1.24. The molecule has 1 aliphatic rings. The van der Waals surface area contributed by atoms with E-state index in [9.17, 15) is 9.90 Å². The van der Waals surface area contributed by atoms with Crippen LogP contribution in [0.5, 0.6) is 5.75 Å². The summed E-state index contributed by atoms with van der Waals surface area (Å²) in [6.07, 6.45) is 0.538. The smallest absolute Gasteiger partial charge is 0.323 e. The molecule has 2 N–H and O–H groups in total. The molecular weight excluding hydrogens is 290 g/mol. The van der Waals surface area contributed by atoms with Crippen LogP contribution >= 0.6 is 11.8 Å². The molecule has 0 amide bonds. The second-order valence-corrected chi connectivity index (χ2v) is 6.37. The maximum atomic E-state index is 11.2. The van der Waals surface area contributed by atoms with Gasteiger partial charge in [0.25, 0.3) is 0 Å². The Labute approximate surface area is 129 Å². The van der Waals surface area contributed by atoms with Gasteiger partial charge < -0.3 is 19.9 Å². The molecule has 0 aromatic heterocycles. The molecule has 2 unspecified atom stereocenters. The molecule has 1 heterocycles. The van der Waals surface area contributed by atoms with E-state index in [2.05, 4.69) is 5.32 Å². The minimum absolute atomic E-state index is 0.0198. The van der Waals surface area contributed by atoms with E-state index in [1.165, 1.54) is 0 Å². The molecular formula is C15H21NO4S. The highest BCUT2D eigenvalue weighted by Gasteiger charge is 2.40. The summed E-state index contributed by atoms with van der Waals surface area (Å²) < 4.78 is 11.1. The number of hydrogen-bond acceptors (Lipinski definition) is 5. The van der Waals surface area contributed by atoms with E-state index in [-0.39, 0.29) is 17.5 Å². The molecule has 1 saturated heterocycles. The van der Waals surface area contributed by atoms with Gasteiger partial charge in [0, 0.05) is 4.90 Å². The van der Waals surface area contributed by atoms with Crippen LogP contribution in [0.25, 0.3) is 0 Å². The highest BCUT2D eigenvalue weighted by atomic mass is 32.2. The quantitative estimate of drug-likeness (QED) is 0.839. The SMILES string of the molecule is CNC(C(=O)O)[C@@H]1OC(Sc2ccc(OC)cc2)C[C@H]1C. The summed E-state index contributed by atoms with van der Waals surface area (Å²) >= 11 is 1.62. The van der Waals surface area contributed by atoms with Gasteiger partial charge in [0.05, 0.1) is 13.2 Å². The Morgan fingerprint density at radius 2 is 2.14 bits per heavy atom. The predicted molar refractivity (Wildman–Crippen MR) is 81.8 cm³/mol. The monoisotopic (exact) mass is 311 g/mol. The van der Waals surface area contributed by atoms with Crippen LogP contribution in [-0.4, -0.2) is 42.8 Å². The van der Waals surface area contributed by atoms with E-state index in [1.54, 1.807) is 25.9 Å². The lowest BCUT2D eigenvalue weighted by atomic mass is 9.98. The summed E-state index contributed by atoms with van der Waals surface area (Å²) in [5, 5.41) is 12.0. The van der Waals surface area contributed by atoms with Gasteiger partial charge >= 0.3 is 5.97 Å². The van der Waals surface area contributed by atoms with Crippen LogP contribution in [0.4, 0.5) is 0 Å². The maximum Gasteiger partial charge on any atom is 0.323 e. The van der Waals surface area contributed by atoms with Crippen LogP contribution in [0, 0.1) is 5.92 Å². The number of benzene rings is 1. The molecule has 0 bridgehead atoms. The number of carbonyl (C=O) groups is 1. The molecule has 5 nitrogen and oxygen atoms in total. The molecule has 0 saturated carbocycles. The zero-order valence-electron chi connectivity index (χ0n) is 12.4. The van der Waals surface area contributed by atoms with Gasteiger partial charge in [-0.15, -0.1) is 0 Å². The number of carboxylic acid groups (broad SMARTS) is 1. The summed E-state index contributed by atoms with van der Waals surface area (Å²) in [4.78, 5) is 12.3. The zero-order valence-corrected chi connectivity index (χ0v) is 13.2. The van der Waals surface area contributed by atoms with Gasteiger partial charge in [-0.1, -0.05) is 18.7 Å². The fourth-order valence-corrected chi connectivity index (χ4v) is 3.70. The van der Waals surface area contributed by atoms with E-state index >= 15 is 0 Å². The van der Waals surface area contributed by atoms with E-state index in [1.807, 2.05) is 31.2 Å². The van der Waals surface area contributed by atoms with Gasteiger partial charge in [0.15, 0.2) is 0 Å². The lowest BCUT2D eigenvalue weighted by Gasteiger charge is -2.22. The summed E-state index contributed by atoms with van der Waals surface area (Å²) in [5.74, 6) is 0.151. The first-order valence-corrected chi connectivity index (χ1v) is 7.79. The summed E-state index contributed by atoms with van der Waals surface area (Å²) in [6.45, 7) is 2.03. The topological polar surface area (TPSA) is 67.8 Å². The molecule has 6 heteroatoms. The van der Waals surface area contributed by atoms with Crippen molar-refractivity contribution in [3.63, 3.8) is 0 Å². The van der Waals surface area contributed by atoms with Crippen molar-refractivity contribution < 1.29 is 19.4 Å². The standard InChI is InChI=1S/C15H21NO4S/c1-9-8-12(20-14(9)13(16-2)15(17)18)21-11-6-4-10(19-3)5-7-11/h4-7,9,12-14,16H,8H2,1-3H3,(H,17,18)/t9-,12?,13?,14-/m1/s1. The van der Waals surface area contributed by atoms with Crippen molar-refractivity contribution in [2.75, 3.05) is 14.2 Å². The molecule has 4 atom stereocenters. The lowest BCUT2D eigenvalue weighted by Crippen LogP contribution is -2.46. The Bertz CT molecular complexity index is 479. The van der Waals surface area contributed by atoms with Gasteiger partial charge in [-0.25, -0.2) is 0 Å². The molecule has 0 radical (unpaired) electrons. The largest absolute Gasteiger partial charge is 0.497 e. The predicted octanol–water partition coefficient (Wildman–Crippen LogP) is 2.21. The number of carboxylic acids is 1. The van der Waals surface area contributed by atoms with Gasteiger partial charge in [-0.3, -0.25) is 4.79 Å². The molecule has 1 aromatic carbocycles. The van der Waals surface area contributed by atoms with Gasteiger partial charge in [-0.05, 0) is 43.7 Å². The fourth-order valence-electron chi connectivity index (χ4n) is 2.52. The summed E-state index contributed by atoms with van der Waals surface area (Å²) in [5.41, 5.74) is -0.0198. The van der Waals surface area contributed by atoms with Crippen LogP contribution in [0.2, 0.25) is 0 Å². The summed E-state index contributed by atoms with van der Waals surface area (Å²) in [6, 6.07) is 7.12. The van der Waals surface area contributed by atoms with Crippen molar-refractivity contribution >= 4 is 17.7 Å². The van der Waals surface area contributed by atoms with E-state index in [0.29, 0.717) is 0 Å². The van der Waals surface area contributed by atoms with E-state index in [0.717, 1.165) is 17.1 Å². The molecule has 0 aliphatic carbocycles. The minimum Gasteiger partial charge on any atom is -0.497 e. The molecule has 1 fully saturated rings. The van der Waals surface area contributed by atoms with Crippen molar-refractivity contribution in [3.05, 3.63) is 24.3 Å². The molecule has 1 aromatic rings. The Morgan fingerprint density at radius 1 is 1.48 bits per heavy atom. The van der Waals surface area contributed by atoms with Crippen molar-refractivity contribution in [1.29, 1.82) is 0 Å². The number of ether oxygens (including phenoxy) is 2. The number of likely N-dealkylation sites (N-methyl/N-ethyl adjacent to an activating group) is 1. The molecule has 116 valence electrons. The Balaban J connectivity index is 1.98. The second kappa shape index (κ2) is 7.15. The van der Waals surface area contributed by atoms with Crippen molar-refractivity contribution in [2.24, 2.45) is 5.92 Å². The van der Waals surface area contributed by atoms with Crippen LogP contribution in [0.3, 0.4) is 0 Å². The number of aliphatic carboxylic acids is 1. The molecule has 21 heavy (non-hydrogen) atoms. The first-order chi connectivity index (χ1) is 10.0. The maximum absolute atomic E-state index is 11.2. The van der Waals surface area contributed by atoms with E-state index < -0.39 is 12.0 Å². The molecule has 1 aliphatic heterocycles. The Morgan fingerprint density at radius 3 is 2.67 bits per heavy atom. The molecule has 0 spiro atoms. The zero-order chi connectivity index (χ0) is 15.4. The molecule has 2 rings (SSSR count). The van der Waals surface area contributed by atoms with Crippen molar-refractivity contribution in [3.8, 4) is 5.75 Å². The fraction of sp³-hybridized carbons (Fsp3) is 0.533. The number of rotatable bonds is 6. The van der Waals surface area contributed by atoms with E-state index in [4.69, 9.17) is 9.47 Å². The van der Waals surface area contributed by atoms with Crippen LogP contribution in [0.15, 0.2) is 29.2 Å². The Kier molecular flexibility index (Phi) is 5.50. The van der Waals surface area contributed by atoms with Gasteiger partial charge in [0.1, 0.15) is 17.2 Å². The van der Waals surface area contributed by atoms with Crippen LogP contribution in [-0.2, 0) is 9.53 Å². The normalized spacial score (nSPS) is 26.5. The van der Waals surface area contributed by atoms with Crippen LogP contribution in [0.1, 0.15) is 13.3 Å². The second-order valence-electron chi connectivity index (χ2n) is 5.14. The first kappa shape index (κ1) is 16.1. The highest BCUT2D eigenvalue weighted by Crippen LogP contribution is 2.38. The number of methoxy groups -OCH3 is 1. The third-order valence-corrected chi connectivity index (χ3v) is 4.78. The lowest BCUT2D eigenvalue weighted by molar-refractivity contribution is -0.143. The third kappa shape index (κ3) is 3.90. The number of nitrogens with one attached hydrogen (secondary N) is 1. The average Bonchev–Trinajstić information content (AvgIpc) is 2.81. The number of thioether (sulfide) groups is 1. The summed E-state index contributed by atoms with van der Waals surface area (Å²) in [7, 11) is 3.29. The van der Waals surface area contributed by atoms with Crippen molar-refractivity contribution in [1.82, 2.24) is 5.32 Å². The van der Waals surface area contributed by atoms with Crippen molar-refractivity contribution in [2.45, 2.75) is 35.8 Å². The highest BCUT2D eigenvalue weighted by molar-refractivity contribution is 7.99. The number of hydrogen-bond donors (Lipinski definition) is 2. The third-order valence-electron chi connectivity index (χ3n) is 3.67. The van der Waals surface area contributed by atoms with Crippen LogP contribution < -0.4 is 10.1 Å². The van der Waals surface area contributed by atoms with Gasteiger partial charge in [-0.2, -0.15) is 0 Å². The first-order valence-electron chi connectivity index (χ1n) is 6.91. The minimum atomic E-state index is -0.871. The van der Waals surface area contributed by atoms with Gasteiger partial charge in [0.2, 0.25) is 0 Å². The average molecular weight is 311 g/mol.